The Hall–Kier alpha value is -2.90. The summed E-state index contributed by atoms with van der Waals surface area (Å²) in [5.41, 5.74) is -1.02. The average Bonchev–Trinajstić information content (AvgIpc) is 2.51. The molecule has 0 bridgehead atoms. The highest BCUT2D eigenvalue weighted by atomic mass is 19.3. The Balaban J connectivity index is 2.58. The lowest BCUT2D eigenvalue weighted by Gasteiger charge is -2.21. The van der Waals surface area contributed by atoms with Gasteiger partial charge in [0, 0.05) is 6.92 Å². The maximum atomic E-state index is 14.0. The quantitative estimate of drug-likeness (QED) is 0.796. The molecule has 4 nitrogen and oxygen atoms in total. The van der Waals surface area contributed by atoms with Crippen molar-refractivity contribution in [3.8, 4) is 5.75 Å². The van der Waals surface area contributed by atoms with Gasteiger partial charge in [-0.3, -0.25) is 9.59 Å². The Morgan fingerprint density at radius 1 is 1.04 bits per heavy atom. The summed E-state index contributed by atoms with van der Waals surface area (Å²) in [5, 5.41) is 0. The average molecular weight is 341 g/mol. The number of carbonyl (C=O) groups is 2. The molecule has 2 aromatic rings. The summed E-state index contributed by atoms with van der Waals surface area (Å²) < 4.78 is 56.5. The van der Waals surface area contributed by atoms with Crippen molar-refractivity contribution >= 4 is 17.5 Å². The third-order valence-electron chi connectivity index (χ3n) is 3.02. The molecule has 8 heteroatoms. The van der Waals surface area contributed by atoms with Gasteiger partial charge in [0.05, 0.1) is 5.69 Å². The zero-order chi connectivity index (χ0) is 17.9. The van der Waals surface area contributed by atoms with Crippen molar-refractivity contribution in [3.63, 3.8) is 0 Å². The van der Waals surface area contributed by atoms with Gasteiger partial charge >= 0.3 is 6.61 Å². The van der Waals surface area contributed by atoms with Crippen molar-refractivity contribution < 1.29 is 31.9 Å². The number of rotatable bonds is 4. The molecule has 0 N–H and O–H groups in total. The van der Waals surface area contributed by atoms with E-state index >= 15 is 0 Å². The molecule has 0 unspecified atom stereocenters. The molecular formula is C16H11F4NO3. The van der Waals surface area contributed by atoms with Crippen LogP contribution in [0, 0.1) is 11.6 Å². The van der Waals surface area contributed by atoms with Crippen LogP contribution in [0.2, 0.25) is 0 Å². The second-order valence-corrected chi connectivity index (χ2v) is 4.61. The maximum absolute atomic E-state index is 14.0. The lowest BCUT2D eigenvalue weighted by molar-refractivity contribution is -0.115. The Morgan fingerprint density at radius 3 is 2.21 bits per heavy atom. The van der Waals surface area contributed by atoms with Crippen LogP contribution in [0.25, 0.3) is 0 Å². The molecule has 0 aliphatic heterocycles. The number of anilines is 1. The molecule has 2 rings (SSSR count). The predicted octanol–water partition coefficient (Wildman–Crippen LogP) is 3.76. The van der Waals surface area contributed by atoms with Crippen LogP contribution in [0.5, 0.6) is 5.75 Å². The minimum atomic E-state index is -3.36. The van der Waals surface area contributed by atoms with Crippen molar-refractivity contribution in [3.05, 3.63) is 59.7 Å². The Kier molecular flexibility index (Phi) is 5.18. The van der Waals surface area contributed by atoms with Gasteiger partial charge in [-0.1, -0.05) is 18.2 Å². The second-order valence-electron chi connectivity index (χ2n) is 4.61. The lowest BCUT2D eigenvalue weighted by Crippen LogP contribution is -2.36. The van der Waals surface area contributed by atoms with Gasteiger partial charge in [0.15, 0.2) is 11.6 Å². The summed E-state index contributed by atoms with van der Waals surface area (Å²) in [5.74, 6) is -6.10. The highest BCUT2D eigenvalue weighted by molar-refractivity contribution is 6.21. The molecule has 0 atom stereocenters. The number of ether oxygens (including phenoxy) is 1. The normalized spacial score (nSPS) is 10.6. The number of nitrogens with zero attached hydrogens (tertiary/aromatic N) is 1. The number of benzene rings is 2. The molecule has 0 saturated carbocycles. The van der Waals surface area contributed by atoms with Crippen LogP contribution < -0.4 is 9.64 Å². The van der Waals surface area contributed by atoms with E-state index in [1.165, 1.54) is 24.3 Å². The monoisotopic (exact) mass is 341 g/mol. The fourth-order valence-electron chi connectivity index (χ4n) is 2.06. The van der Waals surface area contributed by atoms with Crippen LogP contribution in [0.3, 0.4) is 0 Å². The first-order chi connectivity index (χ1) is 11.3. The molecule has 0 fully saturated rings. The molecule has 2 aromatic carbocycles. The van der Waals surface area contributed by atoms with E-state index in [1.54, 1.807) is 6.07 Å². The van der Waals surface area contributed by atoms with Gasteiger partial charge in [0.25, 0.3) is 5.91 Å². The number of halogens is 4. The third-order valence-corrected chi connectivity index (χ3v) is 3.02. The first-order valence-corrected chi connectivity index (χ1v) is 6.65. The van der Waals surface area contributed by atoms with Gasteiger partial charge < -0.3 is 4.74 Å². The summed E-state index contributed by atoms with van der Waals surface area (Å²) in [6, 6.07) is 8.63. The Labute approximate surface area is 134 Å². The van der Waals surface area contributed by atoms with E-state index in [4.69, 9.17) is 0 Å². The zero-order valence-corrected chi connectivity index (χ0v) is 12.3. The number of alkyl halides is 2. The Bertz CT molecular complexity index is 765. The van der Waals surface area contributed by atoms with Gasteiger partial charge in [0.2, 0.25) is 5.91 Å². The van der Waals surface area contributed by atoms with E-state index in [1.807, 2.05) is 0 Å². The van der Waals surface area contributed by atoms with Gasteiger partial charge in [-0.15, -0.1) is 0 Å². The van der Waals surface area contributed by atoms with Crippen molar-refractivity contribution in [2.24, 2.45) is 0 Å². The zero-order valence-electron chi connectivity index (χ0n) is 12.3. The summed E-state index contributed by atoms with van der Waals surface area (Å²) in [4.78, 5) is 24.9. The van der Waals surface area contributed by atoms with Crippen LogP contribution >= 0.6 is 0 Å². The fourth-order valence-corrected chi connectivity index (χ4v) is 2.06. The fraction of sp³-hybridized carbons (Fsp3) is 0.125. The number of amides is 2. The van der Waals surface area contributed by atoms with Crippen molar-refractivity contribution in [1.82, 2.24) is 0 Å². The number of para-hydroxylation sites is 1. The van der Waals surface area contributed by atoms with Crippen molar-refractivity contribution in [1.29, 1.82) is 0 Å². The van der Waals surface area contributed by atoms with Gasteiger partial charge in [-0.05, 0) is 24.3 Å². The van der Waals surface area contributed by atoms with Gasteiger partial charge in [-0.25, -0.2) is 13.7 Å². The summed E-state index contributed by atoms with van der Waals surface area (Å²) in [6.07, 6.45) is 0. The summed E-state index contributed by atoms with van der Waals surface area (Å²) in [7, 11) is 0. The number of imide groups is 1. The van der Waals surface area contributed by atoms with E-state index in [0.717, 1.165) is 6.92 Å². The molecule has 0 aliphatic rings. The molecule has 126 valence electrons. The smallest absolute Gasteiger partial charge is 0.387 e. The first-order valence-electron chi connectivity index (χ1n) is 6.65. The van der Waals surface area contributed by atoms with E-state index in [2.05, 4.69) is 4.74 Å². The molecule has 2 amide bonds. The minimum absolute atomic E-state index is 0.0710. The van der Waals surface area contributed by atoms with Crippen LogP contribution in [0.1, 0.15) is 17.3 Å². The van der Waals surface area contributed by atoms with Crippen LogP contribution in [0.15, 0.2) is 42.5 Å². The van der Waals surface area contributed by atoms with E-state index in [0.29, 0.717) is 17.0 Å². The number of carbonyl (C=O) groups excluding carboxylic acids is 2. The van der Waals surface area contributed by atoms with E-state index in [-0.39, 0.29) is 5.69 Å². The van der Waals surface area contributed by atoms with Crippen LogP contribution in [-0.2, 0) is 4.79 Å². The molecular weight excluding hydrogens is 330 g/mol. The molecule has 0 radical (unpaired) electrons. The first kappa shape index (κ1) is 17.5. The third kappa shape index (κ3) is 3.53. The number of hydrogen-bond acceptors (Lipinski definition) is 3. The molecule has 0 aliphatic carbocycles. The molecule has 0 spiro atoms. The summed E-state index contributed by atoms with van der Waals surface area (Å²) in [6.45, 7) is -2.33. The number of hydrogen-bond donors (Lipinski definition) is 0. The van der Waals surface area contributed by atoms with E-state index < -0.39 is 41.4 Å². The molecule has 24 heavy (non-hydrogen) atoms. The summed E-state index contributed by atoms with van der Waals surface area (Å²) >= 11 is 0. The van der Waals surface area contributed by atoms with E-state index in [9.17, 15) is 27.2 Å². The molecule has 0 saturated heterocycles. The molecule has 0 heterocycles. The van der Waals surface area contributed by atoms with Crippen molar-refractivity contribution in [2.45, 2.75) is 13.5 Å². The lowest BCUT2D eigenvalue weighted by atomic mass is 10.1. The standard InChI is InChI=1S/C16H11F4NO3/c1-9(22)21(10-5-3-2-4-6-10)15(23)13-12(24-16(19)20)8-7-11(17)14(13)18/h2-8,16H,1H3. The predicted molar refractivity (Wildman–Crippen MR) is 76.9 cm³/mol. The van der Waals surface area contributed by atoms with Crippen molar-refractivity contribution in [2.75, 3.05) is 4.90 Å². The van der Waals surface area contributed by atoms with Gasteiger partial charge in [-0.2, -0.15) is 8.78 Å². The second kappa shape index (κ2) is 7.12. The maximum Gasteiger partial charge on any atom is 0.387 e. The Morgan fingerprint density at radius 2 is 1.67 bits per heavy atom. The van der Waals surface area contributed by atoms with Crippen LogP contribution in [0.4, 0.5) is 23.2 Å². The highest BCUT2D eigenvalue weighted by Gasteiger charge is 2.30. The topological polar surface area (TPSA) is 46.6 Å². The van der Waals surface area contributed by atoms with Crippen LogP contribution in [-0.4, -0.2) is 18.4 Å². The minimum Gasteiger partial charge on any atom is -0.434 e. The van der Waals surface area contributed by atoms with Gasteiger partial charge in [0.1, 0.15) is 11.3 Å². The molecule has 0 aromatic heterocycles. The largest absolute Gasteiger partial charge is 0.434 e. The highest BCUT2D eigenvalue weighted by Crippen LogP contribution is 2.28. The SMILES string of the molecule is CC(=O)N(C(=O)c1c(OC(F)F)ccc(F)c1F)c1ccccc1.